The number of carbonyl (C=O) groups excluding carboxylic acids is 1. The molecule has 1 amide bonds. The van der Waals surface area contributed by atoms with Gasteiger partial charge in [0.05, 0.1) is 22.4 Å². The highest BCUT2D eigenvalue weighted by atomic mass is 35.5. The molecule has 0 aliphatic carbocycles. The number of nitriles is 1. The molecule has 0 radical (unpaired) electrons. The molecule has 9 heteroatoms. The Morgan fingerprint density at radius 1 is 1.30 bits per heavy atom. The van der Waals surface area contributed by atoms with Crippen LogP contribution < -0.4 is 24.8 Å². The number of methoxy groups -OCH3 is 1. The van der Waals surface area contributed by atoms with E-state index in [0.29, 0.717) is 18.0 Å². The number of ether oxygens (including phenoxy) is 1. The van der Waals surface area contributed by atoms with Crippen LogP contribution in [-0.2, 0) is 4.79 Å². The molecule has 0 saturated heterocycles. The zero-order valence-electron chi connectivity index (χ0n) is 18.0. The topological polar surface area (TPSA) is 84.1 Å². The van der Waals surface area contributed by atoms with Gasteiger partial charge >= 0.3 is 0 Å². The van der Waals surface area contributed by atoms with Crippen LogP contribution in [0.4, 0.5) is 4.39 Å². The SMILES string of the molecule is CCCCNC(=O)/C(C#N)=c1\s/c(=C\c2c(F)cccc2Cl)c(=O)n1-c1ccccc1OC. The van der Waals surface area contributed by atoms with Crippen LogP contribution in [0.2, 0.25) is 5.02 Å². The quantitative estimate of drug-likeness (QED) is 0.521. The maximum Gasteiger partial charge on any atom is 0.273 e. The molecule has 0 saturated carbocycles. The van der Waals surface area contributed by atoms with Gasteiger partial charge in [-0.3, -0.25) is 14.2 Å². The molecule has 0 atom stereocenters. The highest BCUT2D eigenvalue weighted by Gasteiger charge is 2.19. The lowest BCUT2D eigenvalue weighted by Gasteiger charge is -2.09. The number of amides is 1. The van der Waals surface area contributed by atoms with Crippen LogP contribution in [0.1, 0.15) is 25.3 Å². The monoisotopic (exact) mass is 485 g/mol. The number of hydrogen-bond acceptors (Lipinski definition) is 5. The van der Waals surface area contributed by atoms with Gasteiger partial charge in [0.15, 0.2) is 5.57 Å². The molecule has 1 N–H and O–H groups in total. The summed E-state index contributed by atoms with van der Waals surface area (Å²) < 4.78 is 21.2. The van der Waals surface area contributed by atoms with Crippen LogP contribution in [0.15, 0.2) is 47.3 Å². The van der Waals surface area contributed by atoms with Crippen LogP contribution in [0.5, 0.6) is 5.75 Å². The molecule has 0 unspecified atom stereocenters. The van der Waals surface area contributed by atoms with Crippen molar-refractivity contribution in [3.63, 3.8) is 0 Å². The third-order valence-corrected chi connectivity index (χ3v) is 6.22. The summed E-state index contributed by atoms with van der Waals surface area (Å²) in [4.78, 5) is 26.2. The molecule has 3 rings (SSSR count). The number of halogens is 2. The molecule has 33 heavy (non-hydrogen) atoms. The summed E-state index contributed by atoms with van der Waals surface area (Å²) in [5.74, 6) is -0.813. The van der Waals surface area contributed by atoms with Gasteiger partial charge in [-0.15, -0.1) is 11.3 Å². The number of benzene rings is 2. The van der Waals surface area contributed by atoms with E-state index in [1.165, 1.54) is 36.0 Å². The number of hydrogen-bond donors (Lipinski definition) is 1. The fourth-order valence-electron chi connectivity index (χ4n) is 3.13. The van der Waals surface area contributed by atoms with Crippen LogP contribution in [-0.4, -0.2) is 24.1 Å². The standard InChI is InChI=1S/C24H21ClFN3O3S/c1-3-4-12-28-22(30)16(14-27)24-29(19-10-5-6-11-20(19)32-2)23(31)21(33-24)13-15-17(25)8-7-9-18(15)26/h5-11,13H,3-4,12H2,1-2H3,(H,28,30)/b21-13-,24-16-. The first-order valence-corrected chi connectivity index (χ1v) is 11.4. The molecule has 0 bridgehead atoms. The maximum absolute atomic E-state index is 14.4. The lowest BCUT2D eigenvalue weighted by Crippen LogP contribution is -2.34. The van der Waals surface area contributed by atoms with Crippen molar-refractivity contribution < 1.29 is 13.9 Å². The number of para-hydroxylation sites is 2. The summed E-state index contributed by atoms with van der Waals surface area (Å²) in [5, 5.41) is 12.6. The van der Waals surface area contributed by atoms with Gasteiger partial charge in [-0.05, 0) is 36.8 Å². The average molecular weight is 486 g/mol. The zero-order chi connectivity index (χ0) is 24.0. The van der Waals surface area contributed by atoms with Crippen LogP contribution in [0, 0.1) is 17.1 Å². The number of nitrogens with zero attached hydrogens (tertiary/aromatic N) is 2. The number of rotatable bonds is 7. The molecular formula is C24H21ClFN3O3S. The van der Waals surface area contributed by atoms with Crippen molar-refractivity contribution in [2.45, 2.75) is 19.8 Å². The van der Waals surface area contributed by atoms with Crippen molar-refractivity contribution >= 4 is 40.5 Å². The first-order valence-electron chi connectivity index (χ1n) is 10.2. The van der Waals surface area contributed by atoms with E-state index in [9.17, 15) is 19.2 Å². The Hall–Kier alpha value is -3.41. The Morgan fingerprint density at radius 3 is 2.73 bits per heavy atom. The summed E-state index contributed by atoms with van der Waals surface area (Å²) in [7, 11) is 1.45. The van der Waals surface area contributed by atoms with Gasteiger partial charge in [0, 0.05) is 12.1 Å². The Kier molecular flexibility index (Phi) is 8.04. The van der Waals surface area contributed by atoms with E-state index in [1.54, 1.807) is 24.3 Å². The summed E-state index contributed by atoms with van der Waals surface area (Å²) >= 11 is 7.04. The lowest BCUT2D eigenvalue weighted by molar-refractivity contribution is -0.115. The molecule has 6 nitrogen and oxygen atoms in total. The summed E-state index contributed by atoms with van der Waals surface area (Å²) in [6, 6.07) is 12.9. The lowest BCUT2D eigenvalue weighted by atomic mass is 10.2. The minimum absolute atomic E-state index is 0.0437. The number of aromatic nitrogens is 1. The first kappa shape index (κ1) is 24.2. The normalized spacial score (nSPS) is 12.3. The number of nitrogens with one attached hydrogen (secondary N) is 1. The highest BCUT2D eigenvalue weighted by molar-refractivity contribution is 7.07. The van der Waals surface area contributed by atoms with E-state index >= 15 is 0 Å². The third-order valence-electron chi connectivity index (χ3n) is 4.79. The second kappa shape index (κ2) is 10.9. The average Bonchev–Trinajstić information content (AvgIpc) is 3.12. The molecule has 0 aliphatic rings. The number of thiazole rings is 1. The van der Waals surface area contributed by atoms with Crippen LogP contribution >= 0.6 is 22.9 Å². The Balaban J connectivity index is 2.39. The Morgan fingerprint density at radius 2 is 2.06 bits per heavy atom. The zero-order valence-corrected chi connectivity index (χ0v) is 19.6. The summed E-state index contributed by atoms with van der Waals surface area (Å²) in [6.45, 7) is 2.38. The van der Waals surface area contributed by atoms with Crippen LogP contribution in [0.3, 0.4) is 0 Å². The van der Waals surface area contributed by atoms with Crippen molar-refractivity contribution in [1.82, 2.24) is 9.88 Å². The molecule has 1 heterocycles. The maximum atomic E-state index is 14.4. The van der Waals surface area contributed by atoms with Gasteiger partial charge in [-0.1, -0.05) is 43.1 Å². The summed E-state index contributed by atoms with van der Waals surface area (Å²) in [6.07, 6.45) is 2.94. The molecule has 0 aliphatic heterocycles. The molecule has 3 aromatic rings. The molecule has 170 valence electrons. The van der Waals surface area contributed by atoms with Gasteiger partial charge in [0.25, 0.3) is 11.5 Å². The van der Waals surface area contributed by atoms with E-state index in [0.717, 1.165) is 24.2 Å². The molecule has 0 spiro atoms. The van der Waals surface area contributed by atoms with Crippen molar-refractivity contribution in [1.29, 1.82) is 5.26 Å². The van der Waals surface area contributed by atoms with E-state index in [1.807, 2.05) is 13.0 Å². The van der Waals surface area contributed by atoms with E-state index in [4.69, 9.17) is 16.3 Å². The van der Waals surface area contributed by atoms with Gasteiger partial charge in [0.1, 0.15) is 22.3 Å². The number of carbonyl (C=O) groups is 1. The minimum Gasteiger partial charge on any atom is -0.495 e. The Bertz CT molecular complexity index is 1390. The fourth-order valence-corrected chi connectivity index (χ4v) is 4.42. The van der Waals surface area contributed by atoms with Gasteiger partial charge in [0.2, 0.25) is 0 Å². The molecular weight excluding hydrogens is 465 g/mol. The van der Waals surface area contributed by atoms with Gasteiger partial charge < -0.3 is 10.1 Å². The minimum atomic E-state index is -0.595. The second-order valence-corrected chi connectivity index (χ2v) is 8.40. The summed E-state index contributed by atoms with van der Waals surface area (Å²) in [5.41, 5.74) is -0.363. The van der Waals surface area contributed by atoms with Gasteiger partial charge in [-0.2, -0.15) is 5.26 Å². The number of unbranched alkanes of at least 4 members (excludes halogenated alkanes) is 1. The Labute approximate surface area is 198 Å². The van der Waals surface area contributed by atoms with Crippen molar-refractivity contribution in [2.75, 3.05) is 13.7 Å². The fraction of sp³-hybridized carbons (Fsp3) is 0.208. The largest absolute Gasteiger partial charge is 0.495 e. The second-order valence-electron chi connectivity index (χ2n) is 6.96. The van der Waals surface area contributed by atoms with E-state index in [-0.39, 0.29) is 25.4 Å². The van der Waals surface area contributed by atoms with Gasteiger partial charge in [-0.25, -0.2) is 4.39 Å². The van der Waals surface area contributed by atoms with Crippen molar-refractivity contribution in [2.24, 2.45) is 0 Å². The van der Waals surface area contributed by atoms with Crippen molar-refractivity contribution in [3.8, 4) is 17.5 Å². The highest BCUT2D eigenvalue weighted by Crippen LogP contribution is 2.21. The van der Waals surface area contributed by atoms with E-state index < -0.39 is 17.3 Å². The van der Waals surface area contributed by atoms with Crippen LogP contribution in [0.25, 0.3) is 17.3 Å². The predicted molar refractivity (Wildman–Crippen MR) is 128 cm³/mol. The molecule has 0 fully saturated rings. The first-order chi connectivity index (χ1) is 15.9. The van der Waals surface area contributed by atoms with Crippen molar-refractivity contribution in [3.05, 3.63) is 78.4 Å². The third kappa shape index (κ3) is 5.16. The molecule has 1 aromatic heterocycles. The van der Waals surface area contributed by atoms with E-state index in [2.05, 4.69) is 5.32 Å². The molecule has 2 aromatic carbocycles. The predicted octanol–water partition coefficient (Wildman–Crippen LogP) is 3.12. The smallest absolute Gasteiger partial charge is 0.273 e.